The molecular weight excluding hydrogens is 386 g/mol. The maximum atomic E-state index is 13.1. The highest BCUT2D eigenvalue weighted by molar-refractivity contribution is 5.89. The molecule has 0 aliphatic carbocycles. The van der Waals surface area contributed by atoms with E-state index in [0.29, 0.717) is 19.6 Å². The number of benzene rings is 2. The Morgan fingerprint density at radius 1 is 1.00 bits per heavy atom. The van der Waals surface area contributed by atoms with Crippen molar-refractivity contribution in [3.63, 3.8) is 0 Å². The number of hydrogen-bond acceptors (Lipinski definition) is 3. The number of rotatable bonds is 4. The standard InChI is InChI=1S/C23H27N3O2.ClH/c1-16(17-8-4-2-5-9-17)26-13-19(12-22(26)27)23(28)25-14-20(21(24)15-25)18-10-6-3-7-11-18;/h2-11,16,19-21H,12-15,24H2,1H3;1H/t16?,19?,20-,21+;/m0./s1. The molecule has 2 aliphatic heterocycles. The largest absolute Gasteiger partial charge is 0.340 e. The van der Waals surface area contributed by atoms with E-state index in [9.17, 15) is 9.59 Å². The van der Waals surface area contributed by atoms with Crippen LogP contribution in [0.3, 0.4) is 0 Å². The predicted molar refractivity (Wildman–Crippen MR) is 116 cm³/mol. The van der Waals surface area contributed by atoms with Crippen LogP contribution in [0.1, 0.15) is 36.4 Å². The monoisotopic (exact) mass is 413 g/mol. The number of nitrogens with zero attached hydrogens (tertiary/aromatic N) is 2. The summed E-state index contributed by atoms with van der Waals surface area (Å²) in [6.45, 7) is 3.69. The van der Waals surface area contributed by atoms with Crippen molar-refractivity contribution in [2.45, 2.75) is 31.3 Å². The summed E-state index contributed by atoms with van der Waals surface area (Å²) in [5.74, 6) is -0.00946. The van der Waals surface area contributed by atoms with E-state index in [1.807, 2.05) is 65.3 Å². The van der Waals surface area contributed by atoms with E-state index in [1.54, 1.807) is 0 Å². The summed E-state index contributed by atoms with van der Waals surface area (Å²) in [4.78, 5) is 29.4. The molecule has 2 heterocycles. The van der Waals surface area contributed by atoms with E-state index in [1.165, 1.54) is 5.56 Å². The number of carbonyl (C=O) groups excluding carboxylic acids is 2. The lowest BCUT2D eigenvalue weighted by Gasteiger charge is -2.26. The summed E-state index contributed by atoms with van der Waals surface area (Å²) in [6, 6.07) is 20.0. The number of likely N-dealkylation sites (tertiary alicyclic amines) is 2. The average Bonchev–Trinajstić information content (AvgIpc) is 3.31. The van der Waals surface area contributed by atoms with Gasteiger partial charge in [-0.2, -0.15) is 0 Å². The maximum Gasteiger partial charge on any atom is 0.228 e. The molecular formula is C23H28ClN3O2. The van der Waals surface area contributed by atoms with Gasteiger partial charge in [-0.25, -0.2) is 0 Å². The highest BCUT2D eigenvalue weighted by Gasteiger charge is 2.42. The maximum absolute atomic E-state index is 13.1. The molecule has 0 bridgehead atoms. The highest BCUT2D eigenvalue weighted by Crippen LogP contribution is 2.32. The molecule has 0 aromatic heterocycles. The van der Waals surface area contributed by atoms with Crippen LogP contribution in [0.5, 0.6) is 0 Å². The van der Waals surface area contributed by atoms with Crippen molar-refractivity contribution in [1.82, 2.24) is 9.80 Å². The molecule has 2 fully saturated rings. The van der Waals surface area contributed by atoms with Crippen LogP contribution in [0.25, 0.3) is 0 Å². The fourth-order valence-corrected chi connectivity index (χ4v) is 4.50. The van der Waals surface area contributed by atoms with E-state index >= 15 is 0 Å². The Hall–Kier alpha value is -2.37. The van der Waals surface area contributed by atoms with Crippen LogP contribution in [-0.2, 0) is 9.59 Å². The van der Waals surface area contributed by atoms with Gasteiger partial charge in [0.2, 0.25) is 11.8 Å². The molecule has 2 amide bonds. The van der Waals surface area contributed by atoms with E-state index in [-0.39, 0.29) is 54.6 Å². The number of halogens is 1. The van der Waals surface area contributed by atoms with Crippen LogP contribution in [0.2, 0.25) is 0 Å². The normalized spacial score (nSPS) is 25.0. The molecule has 0 radical (unpaired) electrons. The van der Waals surface area contributed by atoms with Crippen LogP contribution in [-0.4, -0.2) is 47.3 Å². The topological polar surface area (TPSA) is 66.6 Å². The fraction of sp³-hybridized carbons (Fsp3) is 0.391. The zero-order valence-corrected chi connectivity index (χ0v) is 17.4. The SMILES string of the molecule is CC(c1ccccc1)N1CC(C(=O)N2C[C@@H](N)[C@H](c3ccccc3)C2)CC1=O.Cl. The summed E-state index contributed by atoms with van der Waals surface area (Å²) in [5.41, 5.74) is 8.61. The van der Waals surface area contributed by atoms with Gasteiger partial charge in [0.25, 0.3) is 0 Å². The molecule has 2 aliphatic rings. The van der Waals surface area contributed by atoms with Crippen molar-refractivity contribution >= 4 is 24.2 Å². The van der Waals surface area contributed by atoms with Gasteiger partial charge in [0.05, 0.1) is 12.0 Å². The van der Waals surface area contributed by atoms with Gasteiger partial charge in [-0.3, -0.25) is 9.59 Å². The molecule has 2 saturated heterocycles. The van der Waals surface area contributed by atoms with Gasteiger partial charge in [0, 0.05) is 38.0 Å². The van der Waals surface area contributed by atoms with Crippen LogP contribution >= 0.6 is 12.4 Å². The lowest BCUT2D eigenvalue weighted by atomic mass is 9.95. The lowest BCUT2D eigenvalue weighted by Crippen LogP contribution is -2.37. The minimum Gasteiger partial charge on any atom is -0.340 e. The first kappa shape index (κ1) is 21.3. The highest BCUT2D eigenvalue weighted by atomic mass is 35.5. The van der Waals surface area contributed by atoms with Crippen LogP contribution in [0, 0.1) is 5.92 Å². The zero-order chi connectivity index (χ0) is 19.7. The number of nitrogens with two attached hydrogens (primary N) is 1. The van der Waals surface area contributed by atoms with Crippen LogP contribution < -0.4 is 5.73 Å². The van der Waals surface area contributed by atoms with Gasteiger partial charge in [-0.1, -0.05) is 60.7 Å². The zero-order valence-electron chi connectivity index (χ0n) is 16.6. The first-order valence-electron chi connectivity index (χ1n) is 9.98. The predicted octanol–water partition coefficient (Wildman–Crippen LogP) is 2.97. The molecule has 4 rings (SSSR count). The van der Waals surface area contributed by atoms with Crippen molar-refractivity contribution in [2.24, 2.45) is 11.7 Å². The summed E-state index contributed by atoms with van der Waals surface area (Å²) in [7, 11) is 0. The number of amides is 2. The van der Waals surface area contributed by atoms with Crippen molar-refractivity contribution in [3.8, 4) is 0 Å². The first-order valence-corrected chi connectivity index (χ1v) is 9.98. The molecule has 0 spiro atoms. The van der Waals surface area contributed by atoms with Gasteiger partial charge < -0.3 is 15.5 Å². The number of carbonyl (C=O) groups is 2. The first-order chi connectivity index (χ1) is 13.5. The summed E-state index contributed by atoms with van der Waals surface area (Å²) in [6.07, 6.45) is 0.289. The van der Waals surface area contributed by atoms with E-state index < -0.39 is 0 Å². The Labute approximate surface area is 178 Å². The third-order valence-electron chi connectivity index (χ3n) is 6.16. The molecule has 5 nitrogen and oxygen atoms in total. The fourth-order valence-electron chi connectivity index (χ4n) is 4.50. The summed E-state index contributed by atoms with van der Waals surface area (Å²) in [5, 5.41) is 0. The molecule has 2 aromatic rings. The van der Waals surface area contributed by atoms with Crippen molar-refractivity contribution in [2.75, 3.05) is 19.6 Å². The Kier molecular flexibility index (Phi) is 6.60. The Balaban J connectivity index is 0.00000240. The molecule has 0 saturated carbocycles. The average molecular weight is 414 g/mol. The lowest BCUT2D eigenvalue weighted by molar-refractivity contribution is -0.135. The van der Waals surface area contributed by atoms with Gasteiger partial charge in [-0.05, 0) is 18.1 Å². The second-order valence-corrected chi connectivity index (χ2v) is 7.96. The molecule has 6 heteroatoms. The van der Waals surface area contributed by atoms with E-state index in [0.717, 1.165) is 5.56 Å². The quantitative estimate of drug-likeness (QED) is 0.837. The summed E-state index contributed by atoms with van der Waals surface area (Å²) < 4.78 is 0. The second kappa shape index (κ2) is 8.97. The van der Waals surface area contributed by atoms with Gasteiger partial charge in [-0.15, -0.1) is 12.4 Å². The van der Waals surface area contributed by atoms with E-state index in [4.69, 9.17) is 5.73 Å². The van der Waals surface area contributed by atoms with Gasteiger partial charge in [0.15, 0.2) is 0 Å². The smallest absolute Gasteiger partial charge is 0.228 e. The van der Waals surface area contributed by atoms with Crippen LogP contribution in [0.15, 0.2) is 60.7 Å². The molecule has 154 valence electrons. The molecule has 2 aromatic carbocycles. The van der Waals surface area contributed by atoms with Gasteiger partial charge >= 0.3 is 0 Å². The van der Waals surface area contributed by atoms with Crippen LogP contribution in [0.4, 0.5) is 0 Å². The third kappa shape index (κ3) is 4.31. The van der Waals surface area contributed by atoms with Crippen molar-refractivity contribution in [1.29, 1.82) is 0 Å². The number of hydrogen-bond donors (Lipinski definition) is 1. The molecule has 2 N–H and O–H groups in total. The molecule has 4 atom stereocenters. The Morgan fingerprint density at radius 3 is 2.28 bits per heavy atom. The van der Waals surface area contributed by atoms with Crippen molar-refractivity contribution in [3.05, 3.63) is 71.8 Å². The molecule has 2 unspecified atom stereocenters. The molecule has 29 heavy (non-hydrogen) atoms. The minimum absolute atomic E-state index is 0. The van der Waals surface area contributed by atoms with Gasteiger partial charge in [0.1, 0.15) is 0 Å². The minimum atomic E-state index is -0.277. The third-order valence-corrected chi connectivity index (χ3v) is 6.16. The van der Waals surface area contributed by atoms with E-state index in [2.05, 4.69) is 12.1 Å². The Morgan fingerprint density at radius 2 is 1.62 bits per heavy atom. The van der Waals surface area contributed by atoms with Crippen molar-refractivity contribution < 1.29 is 9.59 Å². The summed E-state index contributed by atoms with van der Waals surface area (Å²) >= 11 is 0. The Bertz CT molecular complexity index is 846. The second-order valence-electron chi connectivity index (χ2n) is 7.96.